The summed E-state index contributed by atoms with van der Waals surface area (Å²) in [7, 11) is 0. The number of carbonyl (C=O) groups excluding carboxylic acids is 3. The summed E-state index contributed by atoms with van der Waals surface area (Å²) in [5, 5.41) is 8.81. The average molecular weight is 347 g/mol. The SMILES string of the molecule is CCC1(CC)NC(=O)N(CC(=O)NCCC2CCNC2)C1=O.Cl. The van der Waals surface area contributed by atoms with E-state index in [0.29, 0.717) is 25.3 Å². The maximum Gasteiger partial charge on any atom is 0.325 e. The summed E-state index contributed by atoms with van der Waals surface area (Å²) < 4.78 is 0. The zero-order valence-corrected chi connectivity index (χ0v) is 14.6. The Balaban J connectivity index is 0.00000264. The second kappa shape index (κ2) is 8.49. The van der Waals surface area contributed by atoms with Crippen LogP contribution in [-0.2, 0) is 9.59 Å². The van der Waals surface area contributed by atoms with E-state index in [-0.39, 0.29) is 30.8 Å². The van der Waals surface area contributed by atoms with E-state index in [1.54, 1.807) is 0 Å². The summed E-state index contributed by atoms with van der Waals surface area (Å²) in [5.41, 5.74) is -0.840. The van der Waals surface area contributed by atoms with Crippen molar-refractivity contribution in [3.8, 4) is 0 Å². The molecule has 23 heavy (non-hydrogen) atoms. The van der Waals surface area contributed by atoms with Gasteiger partial charge in [0.05, 0.1) is 0 Å². The molecule has 0 aromatic carbocycles. The van der Waals surface area contributed by atoms with Crippen molar-refractivity contribution in [2.45, 2.75) is 45.1 Å². The van der Waals surface area contributed by atoms with Gasteiger partial charge in [0.1, 0.15) is 12.1 Å². The van der Waals surface area contributed by atoms with Crippen molar-refractivity contribution in [1.82, 2.24) is 20.9 Å². The predicted octanol–water partition coefficient (Wildman–Crippen LogP) is 0.635. The monoisotopic (exact) mass is 346 g/mol. The number of amides is 4. The fourth-order valence-corrected chi connectivity index (χ4v) is 3.13. The number of hydrogen-bond donors (Lipinski definition) is 3. The normalized spacial score (nSPS) is 22.7. The van der Waals surface area contributed by atoms with E-state index in [0.717, 1.165) is 30.8 Å². The number of carbonyl (C=O) groups is 3. The Morgan fingerprint density at radius 3 is 2.57 bits per heavy atom. The van der Waals surface area contributed by atoms with E-state index >= 15 is 0 Å². The zero-order valence-electron chi connectivity index (χ0n) is 13.8. The van der Waals surface area contributed by atoms with Crippen molar-refractivity contribution in [2.24, 2.45) is 5.92 Å². The van der Waals surface area contributed by atoms with Gasteiger partial charge in [-0.1, -0.05) is 13.8 Å². The van der Waals surface area contributed by atoms with E-state index in [4.69, 9.17) is 0 Å². The number of rotatable bonds is 7. The lowest BCUT2D eigenvalue weighted by atomic mass is 9.93. The first-order valence-electron chi connectivity index (χ1n) is 8.14. The molecule has 8 heteroatoms. The number of hydrogen-bond acceptors (Lipinski definition) is 4. The second-order valence-corrected chi connectivity index (χ2v) is 6.11. The van der Waals surface area contributed by atoms with Crippen molar-refractivity contribution < 1.29 is 14.4 Å². The highest BCUT2D eigenvalue weighted by atomic mass is 35.5. The van der Waals surface area contributed by atoms with Crippen molar-refractivity contribution in [2.75, 3.05) is 26.2 Å². The molecule has 0 radical (unpaired) electrons. The molecule has 2 heterocycles. The van der Waals surface area contributed by atoms with Crippen LogP contribution in [0.25, 0.3) is 0 Å². The van der Waals surface area contributed by atoms with E-state index in [1.807, 2.05) is 13.8 Å². The summed E-state index contributed by atoms with van der Waals surface area (Å²) >= 11 is 0. The summed E-state index contributed by atoms with van der Waals surface area (Å²) in [6, 6.07) is -0.469. The third-order valence-corrected chi connectivity index (χ3v) is 4.79. The minimum atomic E-state index is -0.840. The lowest BCUT2D eigenvalue weighted by molar-refractivity contribution is -0.135. The van der Waals surface area contributed by atoms with Crippen LogP contribution in [0, 0.1) is 5.92 Å². The minimum Gasteiger partial charge on any atom is -0.355 e. The fraction of sp³-hybridized carbons (Fsp3) is 0.800. The van der Waals surface area contributed by atoms with E-state index in [1.165, 1.54) is 0 Å². The van der Waals surface area contributed by atoms with Gasteiger partial charge in [-0.15, -0.1) is 12.4 Å². The van der Waals surface area contributed by atoms with Crippen molar-refractivity contribution >= 4 is 30.3 Å². The maximum atomic E-state index is 12.4. The molecule has 3 N–H and O–H groups in total. The van der Waals surface area contributed by atoms with Gasteiger partial charge in [0.15, 0.2) is 0 Å². The molecule has 4 amide bonds. The van der Waals surface area contributed by atoms with Gasteiger partial charge in [-0.2, -0.15) is 0 Å². The number of urea groups is 1. The molecule has 2 rings (SSSR count). The molecule has 1 atom stereocenters. The van der Waals surface area contributed by atoms with Crippen molar-refractivity contribution in [3.63, 3.8) is 0 Å². The first kappa shape index (κ1) is 19.7. The molecular formula is C15H27ClN4O3. The largest absolute Gasteiger partial charge is 0.355 e. The Morgan fingerprint density at radius 2 is 2.04 bits per heavy atom. The standard InChI is InChI=1S/C15H26N4O3.ClH/c1-3-15(4-2)13(21)19(14(22)18-15)10-12(20)17-8-6-11-5-7-16-9-11;/h11,16H,3-10H2,1-2H3,(H,17,20)(H,18,22);1H. The van der Waals surface area contributed by atoms with Gasteiger partial charge < -0.3 is 16.0 Å². The molecule has 2 fully saturated rings. The van der Waals surface area contributed by atoms with Crippen LogP contribution >= 0.6 is 12.4 Å². The molecule has 2 aliphatic heterocycles. The lowest BCUT2D eigenvalue weighted by Gasteiger charge is -2.23. The topological polar surface area (TPSA) is 90.5 Å². The molecular weight excluding hydrogens is 320 g/mol. The molecule has 0 saturated carbocycles. The first-order chi connectivity index (χ1) is 10.5. The highest BCUT2D eigenvalue weighted by Crippen LogP contribution is 2.24. The molecule has 0 aromatic rings. The molecule has 2 saturated heterocycles. The van der Waals surface area contributed by atoms with Crippen LogP contribution in [0.1, 0.15) is 39.5 Å². The Morgan fingerprint density at radius 1 is 1.35 bits per heavy atom. The second-order valence-electron chi connectivity index (χ2n) is 6.11. The van der Waals surface area contributed by atoms with E-state index in [2.05, 4.69) is 16.0 Å². The smallest absolute Gasteiger partial charge is 0.325 e. The van der Waals surface area contributed by atoms with Crippen LogP contribution in [0.5, 0.6) is 0 Å². The Kier molecular flexibility index (Phi) is 7.28. The highest BCUT2D eigenvalue weighted by molar-refractivity contribution is 6.08. The maximum absolute atomic E-state index is 12.4. The Hall–Kier alpha value is -1.34. The molecule has 0 spiro atoms. The van der Waals surface area contributed by atoms with Crippen molar-refractivity contribution in [1.29, 1.82) is 0 Å². The van der Waals surface area contributed by atoms with Gasteiger partial charge in [0, 0.05) is 6.54 Å². The minimum absolute atomic E-state index is 0. The van der Waals surface area contributed by atoms with Gasteiger partial charge in [-0.25, -0.2) is 4.79 Å². The summed E-state index contributed by atoms with van der Waals surface area (Å²) in [6.07, 6.45) is 3.12. The number of halogens is 1. The predicted molar refractivity (Wildman–Crippen MR) is 89.4 cm³/mol. The van der Waals surface area contributed by atoms with E-state index in [9.17, 15) is 14.4 Å². The molecule has 0 aliphatic carbocycles. The molecule has 132 valence electrons. The first-order valence-corrected chi connectivity index (χ1v) is 8.14. The van der Waals surface area contributed by atoms with Crippen LogP contribution < -0.4 is 16.0 Å². The summed E-state index contributed by atoms with van der Waals surface area (Å²) in [4.78, 5) is 37.3. The molecule has 1 unspecified atom stereocenters. The summed E-state index contributed by atoms with van der Waals surface area (Å²) in [6.45, 7) is 6.15. The van der Waals surface area contributed by atoms with Crippen LogP contribution in [-0.4, -0.2) is 54.5 Å². The van der Waals surface area contributed by atoms with Gasteiger partial charge in [-0.3, -0.25) is 14.5 Å². The lowest BCUT2D eigenvalue weighted by Crippen LogP contribution is -2.46. The quantitative estimate of drug-likeness (QED) is 0.590. The summed E-state index contributed by atoms with van der Waals surface area (Å²) in [5.74, 6) is 0.0277. The fourth-order valence-electron chi connectivity index (χ4n) is 3.13. The average Bonchev–Trinajstić information content (AvgIpc) is 3.09. The molecule has 2 aliphatic rings. The van der Waals surface area contributed by atoms with Gasteiger partial charge >= 0.3 is 6.03 Å². The molecule has 0 bridgehead atoms. The Labute approximate surface area is 143 Å². The molecule has 0 aromatic heterocycles. The highest BCUT2D eigenvalue weighted by Gasteiger charge is 2.49. The van der Waals surface area contributed by atoms with Gasteiger partial charge in [-0.05, 0) is 44.7 Å². The number of nitrogens with one attached hydrogen (secondary N) is 3. The zero-order chi connectivity index (χ0) is 16.2. The number of imide groups is 1. The number of nitrogens with zero attached hydrogens (tertiary/aromatic N) is 1. The van der Waals surface area contributed by atoms with E-state index < -0.39 is 11.6 Å². The third-order valence-electron chi connectivity index (χ3n) is 4.79. The molecule has 7 nitrogen and oxygen atoms in total. The Bertz CT molecular complexity index is 448. The van der Waals surface area contributed by atoms with Crippen LogP contribution in [0.4, 0.5) is 4.79 Å². The third kappa shape index (κ3) is 4.35. The van der Waals surface area contributed by atoms with Gasteiger partial charge in [0.25, 0.3) is 5.91 Å². The van der Waals surface area contributed by atoms with Crippen molar-refractivity contribution in [3.05, 3.63) is 0 Å². The van der Waals surface area contributed by atoms with Crippen LogP contribution in [0.15, 0.2) is 0 Å². The van der Waals surface area contributed by atoms with Gasteiger partial charge in [0.2, 0.25) is 5.91 Å². The van der Waals surface area contributed by atoms with Crippen LogP contribution in [0.3, 0.4) is 0 Å². The van der Waals surface area contributed by atoms with Crippen LogP contribution in [0.2, 0.25) is 0 Å².